The van der Waals surface area contributed by atoms with Crippen LogP contribution in [0.25, 0.3) is 0 Å². The van der Waals surface area contributed by atoms with E-state index < -0.39 is 0 Å². The first kappa shape index (κ1) is 17.4. The second kappa shape index (κ2) is 9.21. The SMILES string of the molecule is COC(=O)C1CCN(CCN)CC1.Cl.Cl. The Balaban J connectivity index is 0. The Morgan fingerprint density at radius 2 is 1.93 bits per heavy atom. The predicted molar refractivity (Wildman–Crippen MR) is 64.7 cm³/mol. The molecule has 1 aliphatic heterocycles. The van der Waals surface area contributed by atoms with Crippen molar-refractivity contribution in [3.05, 3.63) is 0 Å². The van der Waals surface area contributed by atoms with E-state index >= 15 is 0 Å². The van der Waals surface area contributed by atoms with Crippen LogP contribution < -0.4 is 5.73 Å². The molecule has 92 valence electrons. The smallest absolute Gasteiger partial charge is 0.308 e. The molecule has 0 radical (unpaired) electrons. The average molecular weight is 259 g/mol. The van der Waals surface area contributed by atoms with Crippen LogP contribution in [0.5, 0.6) is 0 Å². The molecule has 6 heteroatoms. The Morgan fingerprint density at radius 1 is 1.40 bits per heavy atom. The molecule has 1 aliphatic rings. The molecule has 2 N–H and O–H groups in total. The molecule has 0 aromatic heterocycles. The van der Waals surface area contributed by atoms with E-state index in [1.807, 2.05) is 0 Å². The van der Waals surface area contributed by atoms with E-state index in [2.05, 4.69) is 4.90 Å². The van der Waals surface area contributed by atoms with Gasteiger partial charge in [-0.3, -0.25) is 4.79 Å². The summed E-state index contributed by atoms with van der Waals surface area (Å²) < 4.78 is 4.70. The van der Waals surface area contributed by atoms with Gasteiger partial charge in [-0.15, -0.1) is 24.8 Å². The van der Waals surface area contributed by atoms with Crippen LogP contribution in [0.4, 0.5) is 0 Å². The van der Waals surface area contributed by atoms with Crippen molar-refractivity contribution in [3.8, 4) is 0 Å². The maximum atomic E-state index is 11.2. The number of hydrogen-bond donors (Lipinski definition) is 1. The first-order chi connectivity index (χ1) is 6.27. The Labute approximate surface area is 103 Å². The average Bonchev–Trinajstić information content (AvgIpc) is 2.18. The minimum Gasteiger partial charge on any atom is -0.469 e. The van der Waals surface area contributed by atoms with Gasteiger partial charge in [0, 0.05) is 13.1 Å². The molecule has 0 aromatic carbocycles. The lowest BCUT2D eigenvalue weighted by atomic mass is 9.97. The van der Waals surface area contributed by atoms with Gasteiger partial charge >= 0.3 is 5.97 Å². The van der Waals surface area contributed by atoms with Crippen molar-refractivity contribution in [1.82, 2.24) is 4.90 Å². The highest BCUT2D eigenvalue weighted by atomic mass is 35.5. The second-order valence-corrected chi connectivity index (χ2v) is 3.43. The summed E-state index contributed by atoms with van der Waals surface area (Å²) in [6.45, 7) is 3.57. The molecule has 1 saturated heterocycles. The normalized spacial score (nSPS) is 17.5. The highest BCUT2D eigenvalue weighted by Gasteiger charge is 2.24. The van der Waals surface area contributed by atoms with E-state index in [-0.39, 0.29) is 36.7 Å². The first-order valence-electron chi connectivity index (χ1n) is 4.78. The zero-order valence-electron chi connectivity index (χ0n) is 8.98. The molecule has 0 atom stereocenters. The molecule has 1 fully saturated rings. The number of carbonyl (C=O) groups excluding carboxylic acids is 1. The Bertz CT molecular complexity index is 173. The minimum absolute atomic E-state index is 0. The summed E-state index contributed by atoms with van der Waals surface area (Å²) in [5, 5.41) is 0. The number of ether oxygens (including phenoxy) is 1. The molecule has 0 saturated carbocycles. The molecule has 0 amide bonds. The number of carbonyl (C=O) groups is 1. The van der Waals surface area contributed by atoms with Crippen molar-refractivity contribution >= 4 is 30.8 Å². The summed E-state index contributed by atoms with van der Waals surface area (Å²) in [7, 11) is 1.45. The highest BCUT2D eigenvalue weighted by Crippen LogP contribution is 2.17. The van der Waals surface area contributed by atoms with Crippen molar-refractivity contribution in [2.75, 3.05) is 33.3 Å². The number of piperidine rings is 1. The lowest BCUT2D eigenvalue weighted by Crippen LogP contribution is -2.39. The van der Waals surface area contributed by atoms with Crippen molar-refractivity contribution in [1.29, 1.82) is 0 Å². The zero-order chi connectivity index (χ0) is 9.68. The van der Waals surface area contributed by atoms with E-state index in [1.165, 1.54) is 7.11 Å². The molecule has 0 aromatic rings. The van der Waals surface area contributed by atoms with Gasteiger partial charge in [0.25, 0.3) is 0 Å². The van der Waals surface area contributed by atoms with Crippen LogP contribution in [0.1, 0.15) is 12.8 Å². The minimum atomic E-state index is -0.0626. The fourth-order valence-corrected chi connectivity index (χ4v) is 1.74. The fraction of sp³-hybridized carbons (Fsp3) is 0.889. The monoisotopic (exact) mass is 258 g/mol. The van der Waals surface area contributed by atoms with E-state index in [0.717, 1.165) is 32.5 Å². The summed E-state index contributed by atoms with van der Waals surface area (Å²) in [6.07, 6.45) is 1.82. The third kappa shape index (κ3) is 5.56. The summed E-state index contributed by atoms with van der Waals surface area (Å²) in [5.41, 5.74) is 5.45. The summed E-state index contributed by atoms with van der Waals surface area (Å²) >= 11 is 0. The lowest BCUT2D eigenvalue weighted by Gasteiger charge is -2.29. The van der Waals surface area contributed by atoms with Crippen LogP contribution in [0.2, 0.25) is 0 Å². The first-order valence-corrected chi connectivity index (χ1v) is 4.78. The van der Waals surface area contributed by atoms with Crippen LogP contribution in [0, 0.1) is 5.92 Å². The molecule has 0 unspecified atom stereocenters. The van der Waals surface area contributed by atoms with Gasteiger partial charge in [-0.25, -0.2) is 0 Å². The molecule has 1 rings (SSSR count). The van der Waals surface area contributed by atoms with Gasteiger partial charge in [0.1, 0.15) is 0 Å². The van der Waals surface area contributed by atoms with Crippen LogP contribution in [-0.4, -0.2) is 44.2 Å². The van der Waals surface area contributed by atoms with Crippen molar-refractivity contribution in [2.45, 2.75) is 12.8 Å². The standard InChI is InChI=1S/C9H18N2O2.2ClH/c1-13-9(12)8-2-5-11(6-3-8)7-4-10;;/h8H,2-7,10H2,1H3;2*1H. The molecule has 0 spiro atoms. The summed E-state index contributed by atoms with van der Waals surface area (Å²) in [6, 6.07) is 0. The second-order valence-electron chi connectivity index (χ2n) is 3.43. The maximum absolute atomic E-state index is 11.2. The fourth-order valence-electron chi connectivity index (χ4n) is 1.74. The number of halogens is 2. The number of hydrogen-bond acceptors (Lipinski definition) is 4. The quantitative estimate of drug-likeness (QED) is 0.757. The molecular weight excluding hydrogens is 239 g/mol. The van der Waals surface area contributed by atoms with Gasteiger partial charge in [0.15, 0.2) is 0 Å². The Kier molecular flexibility index (Phi) is 10.7. The van der Waals surface area contributed by atoms with Crippen molar-refractivity contribution in [2.24, 2.45) is 11.7 Å². The van der Waals surface area contributed by atoms with Crippen molar-refractivity contribution in [3.63, 3.8) is 0 Å². The zero-order valence-corrected chi connectivity index (χ0v) is 10.6. The number of nitrogens with two attached hydrogens (primary N) is 1. The number of esters is 1. The van der Waals surface area contributed by atoms with E-state index in [9.17, 15) is 4.79 Å². The number of methoxy groups -OCH3 is 1. The van der Waals surface area contributed by atoms with E-state index in [1.54, 1.807) is 0 Å². The lowest BCUT2D eigenvalue weighted by molar-refractivity contribution is -0.147. The van der Waals surface area contributed by atoms with Gasteiger partial charge in [-0.05, 0) is 25.9 Å². The Hall–Kier alpha value is -0.0300. The van der Waals surface area contributed by atoms with E-state index in [0.29, 0.717) is 6.54 Å². The number of nitrogens with zero attached hydrogens (tertiary/aromatic N) is 1. The van der Waals surface area contributed by atoms with Crippen molar-refractivity contribution < 1.29 is 9.53 Å². The molecule has 1 heterocycles. The molecular formula is C9H20Cl2N2O2. The van der Waals surface area contributed by atoms with Gasteiger partial charge in [0.05, 0.1) is 13.0 Å². The van der Waals surface area contributed by atoms with Gasteiger partial charge in [-0.2, -0.15) is 0 Å². The van der Waals surface area contributed by atoms with Crippen LogP contribution in [0.3, 0.4) is 0 Å². The largest absolute Gasteiger partial charge is 0.469 e. The number of rotatable bonds is 3. The molecule has 0 bridgehead atoms. The van der Waals surface area contributed by atoms with Crippen LogP contribution >= 0.6 is 24.8 Å². The van der Waals surface area contributed by atoms with Crippen LogP contribution in [-0.2, 0) is 9.53 Å². The highest BCUT2D eigenvalue weighted by molar-refractivity contribution is 5.85. The van der Waals surface area contributed by atoms with E-state index in [4.69, 9.17) is 10.5 Å². The molecule has 15 heavy (non-hydrogen) atoms. The van der Waals surface area contributed by atoms with Gasteiger partial charge in [0.2, 0.25) is 0 Å². The predicted octanol–water partition coefficient (Wildman–Crippen LogP) is 0.674. The maximum Gasteiger partial charge on any atom is 0.308 e. The van der Waals surface area contributed by atoms with Gasteiger partial charge in [-0.1, -0.05) is 0 Å². The topological polar surface area (TPSA) is 55.6 Å². The summed E-state index contributed by atoms with van der Waals surface area (Å²) in [5.74, 6) is 0.0476. The third-order valence-corrected chi connectivity index (χ3v) is 2.57. The summed E-state index contributed by atoms with van der Waals surface area (Å²) in [4.78, 5) is 13.5. The third-order valence-electron chi connectivity index (χ3n) is 2.57. The Morgan fingerprint density at radius 3 is 2.33 bits per heavy atom. The molecule has 0 aliphatic carbocycles. The number of likely N-dealkylation sites (tertiary alicyclic amines) is 1. The van der Waals surface area contributed by atoms with Gasteiger partial charge < -0.3 is 15.4 Å². The molecule has 4 nitrogen and oxygen atoms in total. The van der Waals surface area contributed by atoms with Crippen LogP contribution in [0.15, 0.2) is 0 Å².